The normalized spacial score (nSPS) is 11.9. The van der Waals surface area contributed by atoms with Crippen LogP contribution in [0.15, 0.2) is 0 Å². The summed E-state index contributed by atoms with van der Waals surface area (Å²) in [7, 11) is -3.77. The van der Waals surface area contributed by atoms with Crippen molar-refractivity contribution in [1.29, 1.82) is 0 Å². The van der Waals surface area contributed by atoms with E-state index < -0.39 is 10.2 Å². The van der Waals surface area contributed by atoms with Gasteiger partial charge < -0.3 is 0 Å². The van der Waals surface area contributed by atoms with Gasteiger partial charge >= 0.3 is 10.2 Å². The molecule has 6 nitrogen and oxygen atoms in total. The van der Waals surface area contributed by atoms with Crippen molar-refractivity contribution in [2.24, 2.45) is 5.14 Å². The van der Waals surface area contributed by atoms with Crippen molar-refractivity contribution in [3.8, 4) is 0 Å². The van der Waals surface area contributed by atoms with Crippen LogP contribution in [0.25, 0.3) is 0 Å². The molecule has 2 N–H and O–H groups in total. The Balaban J connectivity index is 3.36. The second-order valence-corrected chi connectivity index (χ2v) is 3.47. The summed E-state index contributed by atoms with van der Waals surface area (Å²) in [5.41, 5.74) is 0. The molecule has 0 saturated heterocycles. The maximum atomic E-state index is 10.7. The van der Waals surface area contributed by atoms with Gasteiger partial charge in [-0.2, -0.15) is 8.42 Å². The highest BCUT2D eigenvalue weighted by atomic mass is 32.2. The minimum absolute atomic E-state index is 0.269. The summed E-state index contributed by atoms with van der Waals surface area (Å²) in [5.74, 6) is 0.654. The lowest BCUT2D eigenvalue weighted by atomic mass is 10.7. The van der Waals surface area contributed by atoms with Gasteiger partial charge in [0.15, 0.2) is 0 Å². The number of nitrogens with two attached hydrogens (primary N) is 1. The van der Waals surface area contributed by atoms with Crippen molar-refractivity contribution in [3.63, 3.8) is 0 Å². The molecule has 1 aromatic rings. The van der Waals surface area contributed by atoms with Crippen molar-refractivity contribution in [3.05, 3.63) is 11.6 Å². The molecule has 1 rings (SSSR count). The fourth-order valence-corrected chi connectivity index (χ4v) is 1.39. The van der Waals surface area contributed by atoms with Crippen molar-refractivity contribution in [2.75, 3.05) is 0 Å². The molecule has 11 heavy (non-hydrogen) atoms. The van der Waals surface area contributed by atoms with Gasteiger partial charge in [-0.05, 0) is 13.8 Å². The van der Waals surface area contributed by atoms with E-state index in [0.29, 0.717) is 9.91 Å². The molecule has 0 unspecified atom stereocenters. The van der Waals surface area contributed by atoms with Crippen molar-refractivity contribution in [1.82, 2.24) is 14.2 Å². The van der Waals surface area contributed by atoms with Gasteiger partial charge in [-0.15, -0.1) is 9.19 Å². The minimum atomic E-state index is -3.77. The van der Waals surface area contributed by atoms with Crippen molar-refractivity contribution < 1.29 is 8.42 Å². The van der Waals surface area contributed by atoms with Crippen LogP contribution in [0.4, 0.5) is 0 Å². The summed E-state index contributed by atoms with van der Waals surface area (Å²) in [5, 5.41) is 8.38. The van der Waals surface area contributed by atoms with E-state index in [1.807, 2.05) is 0 Å². The highest BCUT2D eigenvalue weighted by molar-refractivity contribution is 7.87. The van der Waals surface area contributed by atoms with Crippen LogP contribution >= 0.6 is 0 Å². The average Bonchev–Trinajstić information content (AvgIpc) is 2.08. The molecule has 0 aliphatic heterocycles. The summed E-state index contributed by atoms with van der Waals surface area (Å²) in [6.07, 6.45) is 0. The highest BCUT2D eigenvalue weighted by Gasteiger charge is 2.11. The van der Waals surface area contributed by atoms with Gasteiger partial charge in [0, 0.05) is 0 Å². The van der Waals surface area contributed by atoms with Crippen LogP contribution < -0.4 is 5.14 Å². The largest absolute Gasteiger partial charge is 0.319 e. The molecular formula is C4H8N4O2S. The van der Waals surface area contributed by atoms with E-state index >= 15 is 0 Å². The van der Waals surface area contributed by atoms with E-state index in [0.717, 1.165) is 0 Å². The smallest absolute Gasteiger partial charge is 0.216 e. The number of aryl methyl sites for hydroxylation is 2. The molecule has 1 heterocycles. The predicted molar refractivity (Wildman–Crippen MR) is 38.0 cm³/mol. The van der Waals surface area contributed by atoms with E-state index in [1.165, 1.54) is 6.92 Å². The molecule has 0 fully saturated rings. The standard InChI is InChI=1S/C4H8N4O2S/c1-3-6-4(2)8(7-3)11(5,9)10/h1-2H3,(H2,5,9,10). The Morgan fingerprint density at radius 2 is 2.00 bits per heavy atom. The Bertz CT molecular complexity index is 365. The molecule has 62 valence electrons. The van der Waals surface area contributed by atoms with Crippen LogP contribution in [-0.2, 0) is 10.2 Å². The highest BCUT2D eigenvalue weighted by Crippen LogP contribution is 1.96. The topological polar surface area (TPSA) is 90.9 Å². The molecule has 1 aromatic heterocycles. The molecule has 0 aliphatic rings. The zero-order chi connectivity index (χ0) is 8.65. The number of nitrogens with zero attached hydrogens (tertiary/aromatic N) is 3. The number of hydrogen-bond donors (Lipinski definition) is 1. The third-order valence-electron chi connectivity index (χ3n) is 1.08. The zero-order valence-electron chi connectivity index (χ0n) is 6.14. The number of hydrogen-bond acceptors (Lipinski definition) is 4. The lowest BCUT2D eigenvalue weighted by molar-refractivity contribution is 0.579. The summed E-state index contributed by atoms with van der Waals surface area (Å²) < 4.78 is 22.1. The summed E-state index contributed by atoms with van der Waals surface area (Å²) >= 11 is 0. The predicted octanol–water partition coefficient (Wildman–Crippen LogP) is -1.05. The molecule has 0 aromatic carbocycles. The van der Waals surface area contributed by atoms with Crippen LogP contribution in [0.3, 0.4) is 0 Å². The molecule has 0 atom stereocenters. The van der Waals surface area contributed by atoms with E-state index in [1.54, 1.807) is 6.92 Å². The Kier molecular flexibility index (Phi) is 1.69. The third-order valence-corrected chi connectivity index (χ3v) is 1.91. The van der Waals surface area contributed by atoms with Crippen LogP contribution in [-0.4, -0.2) is 22.6 Å². The van der Waals surface area contributed by atoms with Gasteiger partial charge in [-0.25, -0.2) is 10.1 Å². The maximum absolute atomic E-state index is 10.7. The molecule has 0 radical (unpaired) electrons. The summed E-state index contributed by atoms with van der Waals surface area (Å²) in [6.45, 7) is 3.11. The average molecular weight is 176 g/mol. The first-order valence-electron chi connectivity index (χ1n) is 2.85. The SMILES string of the molecule is Cc1nc(C)n(S(N)(=O)=O)n1. The molecular weight excluding hydrogens is 168 g/mol. The fraction of sp³-hybridized carbons (Fsp3) is 0.500. The van der Waals surface area contributed by atoms with Gasteiger partial charge in [0.1, 0.15) is 11.6 Å². The van der Waals surface area contributed by atoms with Gasteiger partial charge in [0.2, 0.25) is 0 Å². The van der Waals surface area contributed by atoms with Crippen molar-refractivity contribution >= 4 is 10.2 Å². The molecule has 0 spiro atoms. The first-order valence-corrected chi connectivity index (χ1v) is 4.35. The Morgan fingerprint density at radius 3 is 2.18 bits per heavy atom. The molecule has 0 saturated carbocycles. The lowest BCUT2D eigenvalue weighted by Crippen LogP contribution is -2.24. The lowest BCUT2D eigenvalue weighted by Gasteiger charge is -1.95. The number of aromatic nitrogens is 3. The molecule has 0 amide bonds. The molecule has 7 heteroatoms. The van der Waals surface area contributed by atoms with E-state index in [2.05, 4.69) is 10.1 Å². The first-order chi connectivity index (χ1) is 4.91. The second kappa shape index (κ2) is 2.28. The molecule has 0 bridgehead atoms. The Labute approximate surface area is 64.2 Å². The first kappa shape index (κ1) is 8.15. The quantitative estimate of drug-likeness (QED) is 0.590. The van der Waals surface area contributed by atoms with E-state index in [4.69, 9.17) is 5.14 Å². The van der Waals surface area contributed by atoms with Crippen LogP contribution in [0, 0.1) is 13.8 Å². The monoisotopic (exact) mass is 176 g/mol. The van der Waals surface area contributed by atoms with Gasteiger partial charge in [-0.1, -0.05) is 0 Å². The van der Waals surface area contributed by atoms with E-state index in [9.17, 15) is 8.42 Å². The third kappa shape index (κ3) is 1.55. The van der Waals surface area contributed by atoms with Crippen LogP contribution in [0.2, 0.25) is 0 Å². The van der Waals surface area contributed by atoms with Gasteiger partial charge in [-0.3, -0.25) is 0 Å². The molecule has 0 aliphatic carbocycles. The maximum Gasteiger partial charge on any atom is 0.319 e. The zero-order valence-corrected chi connectivity index (χ0v) is 6.96. The van der Waals surface area contributed by atoms with Gasteiger partial charge in [0.05, 0.1) is 0 Å². The van der Waals surface area contributed by atoms with Gasteiger partial charge in [0.25, 0.3) is 0 Å². The summed E-state index contributed by atoms with van der Waals surface area (Å²) in [6, 6.07) is 0. The minimum Gasteiger partial charge on any atom is -0.216 e. The van der Waals surface area contributed by atoms with E-state index in [-0.39, 0.29) is 5.82 Å². The van der Waals surface area contributed by atoms with Crippen LogP contribution in [0.1, 0.15) is 11.6 Å². The fourth-order valence-electron chi connectivity index (χ4n) is 0.744. The number of rotatable bonds is 1. The van der Waals surface area contributed by atoms with Crippen LogP contribution in [0.5, 0.6) is 0 Å². The second-order valence-electron chi connectivity index (χ2n) is 2.09. The Hall–Kier alpha value is -0.950. The summed E-state index contributed by atoms with van der Waals surface area (Å²) in [4.78, 5) is 3.77. The Morgan fingerprint density at radius 1 is 1.45 bits per heavy atom. The van der Waals surface area contributed by atoms with Crippen molar-refractivity contribution in [2.45, 2.75) is 13.8 Å².